The number of carbonyl (C=O) groups is 1. The second kappa shape index (κ2) is 10.6. The summed E-state index contributed by atoms with van der Waals surface area (Å²) in [5, 5.41) is 24.8. The number of thiophene rings is 1. The lowest BCUT2D eigenvalue weighted by Gasteiger charge is -2.12. The van der Waals surface area contributed by atoms with Gasteiger partial charge in [0.25, 0.3) is 0 Å². The smallest absolute Gasteiger partial charge is 0.235 e. The maximum Gasteiger partial charge on any atom is 0.235 e. The van der Waals surface area contributed by atoms with E-state index in [1.165, 1.54) is 23.1 Å². The van der Waals surface area contributed by atoms with Crippen LogP contribution in [0.4, 0.5) is 5.00 Å². The predicted molar refractivity (Wildman–Crippen MR) is 145 cm³/mol. The third kappa shape index (κ3) is 4.77. The van der Waals surface area contributed by atoms with Gasteiger partial charge >= 0.3 is 0 Å². The molecule has 0 saturated heterocycles. The van der Waals surface area contributed by atoms with Crippen LogP contribution in [0, 0.1) is 11.3 Å². The number of rotatable bonds is 8. The van der Waals surface area contributed by atoms with Crippen LogP contribution in [0.2, 0.25) is 0 Å². The number of para-hydroxylation sites is 1. The van der Waals surface area contributed by atoms with Crippen LogP contribution in [0.1, 0.15) is 5.56 Å². The van der Waals surface area contributed by atoms with Gasteiger partial charge in [0.1, 0.15) is 11.1 Å². The molecule has 0 aliphatic carbocycles. The number of hydrogen-bond acceptors (Lipinski definition) is 7. The number of nitriles is 1. The number of pyridine rings is 1. The molecule has 176 valence electrons. The van der Waals surface area contributed by atoms with E-state index >= 15 is 0 Å². The highest BCUT2D eigenvalue weighted by atomic mass is 32.2. The van der Waals surface area contributed by atoms with Gasteiger partial charge in [-0.25, -0.2) is 4.98 Å². The highest BCUT2D eigenvalue weighted by Gasteiger charge is 2.19. The molecular formula is C27H20N6OS2. The zero-order chi connectivity index (χ0) is 24.9. The zero-order valence-electron chi connectivity index (χ0n) is 19.1. The van der Waals surface area contributed by atoms with Crippen LogP contribution >= 0.6 is 23.1 Å². The molecule has 5 aromatic rings. The van der Waals surface area contributed by atoms with Gasteiger partial charge < -0.3 is 5.32 Å². The van der Waals surface area contributed by atoms with Gasteiger partial charge in [-0.1, -0.05) is 66.4 Å². The molecule has 0 aliphatic rings. The standard InChI is InChI=1S/C27H20N6OS2/c1-2-13-33-25(31-32-27(33)36-17-24(34)30-26-19(16-28)12-14-35-26)21-15-23(18-8-4-3-5-9-18)29-22-11-7-6-10-20(21)22/h2-12,14-15H,1,13,17H2,(H,30,34). The highest BCUT2D eigenvalue weighted by molar-refractivity contribution is 7.99. The topological polar surface area (TPSA) is 96.5 Å². The SMILES string of the molecule is C=CCn1c(SCC(=O)Nc2sccc2C#N)nnc1-c1cc(-c2ccccc2)nc2ccccc12. The molecule has 2 aromatic carbocycles. The fourth-order valence-corrected chi connectivity index (χ4v) is 5.29. The molecule has 0 unspecified atom stereocenters. The van der Waals surface area contributed by atoms with Crippen LogP contribution in [-0.4, -0.2) is 31.4 Å². The molecule has 7 nitrogen and oxygen atoms in total. The van der Waals surface area contributed by atoms with Gasteiger partial charge in [0.2, 0.25) is 5.91 Å². The van der Waals surface area contributed by atoms with E-state index in [9.17, 15) is 4.79 Å². The van der Waals surface area contributed by atoms with E-state index in [4.69, 9.17) is 10.2 Å². The summed E-state index contributed by atoms with van der Waals surface area (Å²) in [6.07, 6.45) is 1.78. The summed E-state index contributed by atoms with van der Waals surface area (Å²) in [6.45, 7) is 4.38. The summed E-state index contributed by atoms with van der Waals surface area (Å²) in [7, 11) is 0. The molecule has 0 bridgehead atoms. The Morgan fingerprint density at radius 1 is 1.14 bits per heavy atom. The van der Waals surface area contributed by atoms with Gasteiger partial charge in [-0.2, -0.15) is 5.26 Å². The number of fused-ring (bicyclic) bond motifs is 1. The number of hydrogen-bond donors (Lipinski definition) is 1. The van der Waals surface area contributed by atoms with E-state index in [-0.39, 0.29) is 11.7 Å². The van der Waals surface area contributed by atoms with Crippen LogP contribution in [0.5, 0.6) is 0 Å². The molecule has 0 fully saturated rings. The van der Waals surface area contributed by atoms with Crippen LogP contribution in [0.25, 0.3) is 33.5 Å². The summed E-state index contributed by atoms with van der Waals surface area (Å²) in [6, 6.07) is 23.8. The van der Waals surface area contributed by atoms with Gasteiger partial charge in [-0.3, -0.25) is 9.36 Å². The highest BCUT2D eigenvalue weighted by Crippen LogP contribution is 2.33. The molecule has 1 N–H and O–H groups in total. The minimum atomic E-state index is -0.214. The normalized spacial score (nSPS) is 10.8. The van der Waals surface area contributed by atoms with E-state index in [0.717, 1.165) is 27.7 Å². The molecule has 36 heavy (non-hydrogen) atoms. The largest absolute Gasteiger partial charge is 0.316 e. The Balaban J connectivity index is 1.49. The molecule has 0 aliphatic heterocycles. The Labute approximate surface area is 216 Å². The van der Waals surface area contributed by atoms with Gasteiger partial charge in [-0.05, 0) is 23.6 Å². The van der Waals surface area contributed by atoms with Crippen molar-refractivity contribution in [1.82, 2.24) is 19.7 Å². The molecule has 1 amide bonds. The van der Waals surface area contributed by atoms with Gasteiger partial charge in [0.15, 0.2) is 11.0 Å². The van der Waals surface area contributed by atoms with E-state index < -0.39 is 0 Å². The molecule has 3 heterocycles. The van der Waals surface area contributed by atoms with Gasteiger partial charge in [0.05, 0.1) is 22.5 Å². The first-order valence-electron chi connectivity index (χ1n) is 11.1. The van der Waals surface area contributed by atoms with Crippen molar-refractivity contribution in [3.05, 3.63) is 90.3 Å². The average Bonchev–Trinajstić information content (AvgIpc) is 3.54. The van der Waals surface area contributed by atoms with Crippen molar-refractivity contribution >= 4 is 44.9 Å². The minimum Gasteiger partial charge on any atom is -0.316 e. The molecule has 9 heteroatoms. The molecule has 0 atom stereocenters. The Hall–Kier alpha value is -4.26. The van der Waals surface area contributed by atoms with E-state index in [1.807, 2.05) is 65.2 Å². The molecule has 0 radical (unpaired) electrons. The number of nitrogens with one attached hydrogen (secondary N) is 1. The first kappa shape index (κ1) is 23.5. The summed E-state index contributed by atoms with van der Waals surface area (Å²) < 4.78 is 1.95. The molecule has 5 rings (SSSR count). The monoisotopic (exact) mass is 508 g/mol. The zero-order valence-corrected chi connectivity index (χ0v) is 20.7. The Morgan fingerprint density at radius 2 is 1.94 bits per heavy atom. The van der Waals surface area contributed by atoms with Crippen molar-refractivity contribution < 1.29 is 4.79 Å². The molecular weight excluding hydrogens is 488 g/mol. The quantitative estimate of drug-likeness (QED) is 0.204. The second-order valence-corrected chi connectivity index (χ2v) is 9.61. The maximum atomic E-state index is 12.6. The third-order valence-corrected chi connectivity index (χ3v) is 7.22. The van der Waals surface area contributed by atoms with Crippen molar-refractivity contribution in [3.8, 4) is 28.7 Å². The number of allylic oxidation sites excluding steroid dienone is 1. The average molecular weight is 509 g/mol. The number of aromatic nitrogens is 4. The lowest BCUT2D eigenvalue weighted by molar-refractivity contribution is -0.113. The predicted octanol–water partition coefficient (Wildman–Crippen LogP) is 6.01. The number of benzene rings is 2. The van der Waals surface area contributed by atoms with Gasteiger partial charge in [0, 0.05) is 23.1 Å². The third-order valence-electron chi connectivity index (χ3n) is 5.43. The van der Waals surface area contributed by atoms with E-state index in [0.29, 0.717) is 28.1 Å². The van der Waals surface area contributed by atoms with Gasteiger partial charge in [-0.15, -0.1) is 28.1 Å². The van der Waals surface area contributed by atoms with Crippen molar-refractivity contribution in [2.75, 3.05) is 11.1 Å². The Bertz CT molecular complexity index is 1600. The van der Waals surface area contributed by atoms with Crippen LogP contribution < -0.4 is 5.32 Å². The maximum absolute atomic E-state index is 12.6. The first-order chi connectivity index (χ1) is 17.7. The fraction of sp³-hybridized carbons (Fsp3) is 0.0741. The Kier molecular flexibility index (Phi) is 6.89. The molecule has 3 aromatic heterocycles. The van der Waals surface area contributed by atoms with Crippen molar-refractivity contribution in [2.45, 2.75) is 11.7 Å². The fourth-order valence-electron chi connectivity index (χ4n) is 3.79. The summed E-state index contributed by atoms with van der Waals surface area (Å²) in [4.78, 5) is 17.4. The van der Waals surface area contributed by atoms with Crippen molar-refractivity contribution in [1.29, 1.82) is 5.26 Å². The number of thioether (sulfide) groups is 1. The number of anilines is 1. The number of amides is 1. The summed E-state index contributed by atoms with van der Waals surface area (Å²) in [5.74, 6) is 0.595. The lowest BCUT2D eigenvalue weighted by Crippen LogP contribution is -2.14. The second-order valence-electron chi connectivity index (χ2n) is 7.76. The number of carbonyl (C=O) groups excluding carboxylic acids is 1. The summed E-state index contributed by atoms with van der Waals surface area (Å²) in [5.41, 5.74) is 4.07. The van der Waals surface area contributed by atoms with Crippen LogP contribution in [0.3, 0.4) is 0 Å². The van der Waals surface area contributed by atoms with Crippen LogP contribution in [-0.2, 0) is 11.3 Å². The number of nitrogens with zero attached hydrogens (tertiary/aromatic N) is 5. The first-order valence-corrected chi connectivity index (χ1v) is 12.9. The minimum absolute atomic E-state index is 0.129. The Morgan fingerprint density at radius 3 is 2.75 bits per heavy atom. The molecule has 0 saturated carbocycles. The van der Waals surface area contributed by atoms with E-state index in [2.05, 4.69) is 28.2 Å². The van der Waals surface area contributed by atoms with Crippen LogP contribution in [0.15, 0.2) is 89.9 Å². The van der Waals surface area contributed by atoms with E-state index in [1.54, 1.807) is 17.5 Å². The summed E-state index contributed by atoms with van der Waals surface area (Å²) >= 11 is 2.61. The van der Waals surface area contributed by atoms with Crippen molar-refractivity contribution in [3.63, 3.8) is 0 Å². The lowest BCUT2D eigenvalue weighted by atomic mass is 10.0. The molecule has 0 spiro atoms. The van der Waals surface area contributed by atoms with Crippen molar-refractivity contribution in [2.24, 2.45) is 0 Å².